The van der Waals surface area contributed by atoms with Crippen LogP contribution in [0.15, 0.2) is 27.7 Å². The Labute approximate surface area is 187 Å². The minimum atomic E-state index is -0.178. The zero-order chi connectivity index (χ0) is 18.8. The van der Waals surface area contributed by atoms with Crippen molar-refractivity contribution in [1.29, 1.82) is 0 Å². The number of ether oxygens (including phenoxy) is 2. The van der Waals surface area contributed by atoms with E-state index in [2.05, 4.69) is 33.1 Å². The predicted molar refractivity (Wildman–Crippen MR) is 122 cm³/mol. The largest absolute Gasteiger partial charge is 0.382 e. The molecule has 0 aliphatic carbocycles. The molecule has 8 heteroatoms. The molecule has 0 radical (unpaired) electrons. The van der Waals surface area contributed by atoms with E-state index in [0.717, 1.165) is 43.1 Å². The number of methoxy groups -OCH3 is 1. The molecule has 0 saturated carbocycles. The van der Waals surface area contributed by atoms with E-state index in [0.29, 0.717) is 37.7 Å². The summed E-state index contributed by atoms with van der Waals surface area (Å²) in [7, 11) is 1.68. The molecule has 1 aliphatic heterocycles. The average Bonchev–Trinajstić information content (AvgIpc) is 3.10. The van der Waals surface area contributed by atoms with Gasteiger partial charge in [-0.25, -0.2) is 4.39 Å². The number of rotatable bonds is 9. The lowest BCUT2D eigenvalue weighted by molar-refractivity contribution is 0.0536. The predicted octanol–water partition coefficient (Wildman–Crippen LogP) is 3.70. The molecule has 154 valence electrons. The number of likely N-dealkylation sites (tertiary alicyclic amines) is 1. The number of benzene rings is 1. The highest BCUT2D eigenvalue weighted by atomic mass is 127. The van der Waals surface area contributed by atoms with Crippen LogP contribution in [0.2, 0.25) is 0 Å². The number of guanidine groups is 1. The van der Waals surface area contributed by atoms with Gasteiger partial charge in [-0.3, -0.25) is 4.99 Å². The Morgan fingerprint density at radius 1 is 1.41 bits per heavy atom. The molecule has 5 nitrogen and oxygen atoms in total. The van der Waals surface area contributed by atoms with E-state index in [1.54, 1.807) is 13.2 Å². The maximum absolute atomic E-state index is 13.8. The van der Waals surface area contributed by atoms with Crippen LogP contribution in [0.5, 0.6) is 0 Å². The van der Waals surface area contributed by atoms with Gasteiger partial charge < -0.3 is 19.7 Å². The van der Waals surface area contributed by atoms with Crippen molar-refractivity contribution in [3.8, 4) is 0 Å². The second-order valence-corrected chi connectivity index (χ2v) is 7.31. The number of aliphatic imine (C=N–C) groups is 1. The quantitative estimate of drug-likeness (QED) is 0.218. The standard InChI is InChI=1S/C19H29BrFN3O2.HI/c1-3-22-19(23-8-6-16-12-17(20)4-5-18(16)21)24-9-7-15(13-24)14-26-11-10-25-2;/h4-5,12,15H,3,6-11,13-14H2,1-2H3,(H,22,23);1H. The van der Waals surface area contributed by atoms with Gasteiger partial charge in [0.25, 0.3) is 0 Å². The molecule has 0 amide bonds. The lowest BCUT2D eigenvalue weighted by atomic mass is 10.1. The monoisotopic (exact) mass is 557 g/mol. The van der Waals surface area contributed by atoms with Crippen molar-refractivity contribution >= 4 is 45.9 Å². The first-order chi connectivity index (χ1) is 12.6. The number of nitrogens with zero attached hydrogens (tertiary/aromatic N) is 2. The van der Waals surface area contributed by atoms with Gasteiger partial charge in [0.05, 0.1) is 19.8 Å². The van der Waals surface area contributed by atoms with Crippen LogP contribution < -0.4 is 5.32 Å². The first-order valence-corrected chi connectivity index (χ1v) is 9.97. The van der Waals surface area contributed by atoms with Gasteiger partial charge >= 0.3 is 0 Å². The summed E-state index contributed by atoms with van der Waals surface area (Å²) in [6.07, 6.45) is 1.68. The van der Waals surface area contributed by atoms with E-state index in [4.69, 9.17) is 14.5 Å². The molecule has 1 unspecified atom stereocenters. The Hall–Kier alpha value is -0.450. The molecule has 1 aromatic carbocycles. The Bertz CT molecular complexity index is 592. The zero-order valence-electron chi connectivity index (χ0n) is 16.0. The van der Waals surface area contributed by atoms with Crippen LogP contribution in [-0.4, -0.2) is 64.0 Å². The lowest BCUT2D eigenvalue weighted by Gasteiger charge is -2.21. The number of halogens is 3. The summed E-state index contributed by atoms with van der Waals surface area (Å²) in [4.78, 5) is 6.96. The van der Waals surface area contributed by atoms with Crippen molar-refractivity contribution < 1.29 is 13.9 Å². The third-order valence-corrected chi connectivity index (χ3v) is 4.85. The van der Waals surface area contributed by atoms with Crippen LogP contribution in [0, 0.1) is 11.7 Å². The van der Waals surface area contributed by atoms with Gasteiger partial charge in [-0.2, -0.15) is 0 Å². The molecule has 1 fully saturated rings. The summed E-state index contributed by atoms with van der Waals surface area (Å²) in [5.41, 5.74) is 0.685. The molecule has 1 N–H and O–H groups in total. The Morgan fingerprint density at radius 3 is 2.96 bits per heavy atom. The Kier molecular flexibility index (Phi) is 12.5. The topological polar surface area (TPSA) is 46.1 Å². The number of hydrogen-bond acceptors (Lipinski definition) is 3. The van der Waals surface area contributed by atoms with E-state index < -0.39 is 0 Å². The fraction of sp³-hybridized carbons (Fsp3) is 0.632. The first kappa shape index (κ1) is 24.6. The molecule has 1 aliphatic rings. The SMILES string of the molecule is CCNC(=NCCc1cc(Br)ccc1F)N1CCC(COCCOC)C1.I. The van der Waals surface area contributed by atoms with Gasteiger partial charge in [-0.1, -0.05) is 15.9 Å². The summed E-state index contributed by atoms with van der Waals surface area (Å²) in [5, 5.41) is 3.35. The second kappa shape index (κ2) is 13.7. The molecule has 1 aromatic rings. The van der Waals surface area contributed by atoms with Crippen LogP contribution in [0.3, 0.4) is 0 Å². The third kappa shape index (κ3) is 8.62. The van der Waals surface area contributed by atoms with Crippen molar-refractivity contribution in [2.75, 3.05) is 53.1 Å². The maximum atomic E-state index is 13.8. The summed E-state index contributed by atoms with van der Waals surface area (Å²) in [6, 6.07) is 5.02. The maximum Gasteiger partial charge on any atom is 0.193 e. The first-order valence-electron chi connectivity index (χ1n) is 9.18. The van der Waals surface area contributed by atoms with Gasteiger partial charge in [0.15, 0.2) is 5.96 Å². The van der Waals surface area contributed by atoms with E-state index in [-0.39, 0.29) is 29.8 Å². The third-order valence-electron chi connectivity index (χ3n) is 4.36. The summed E-state index contributed by atoms with van der Waals surface area (Å²) in [6.45, 7) is 7.36. The van der Waals surface area contributed by atoms with Crippen LogP contribution >= 0.6 is 39.9 Å². The van der Waals surface area contributed by atoms with Gasteiger partial charge in [0.1, 0.15) is 5.82 Å². The summed E-state index contributed by atoms with van der Waals surface area (Å²) in [5.74, 6) is 1.24. The van der Waals surface area contributed by atoms with E-state index in [1.165, 1.54) is 6.07 Å². The van der Waals surface area contributed by atoms with Crippen molar-refractivity contribution in [3.05, 3.63) is 34.1 Å². The number of hydrogen-bond donors (Lipinski definition) is 1. The van der Waals surface area contributed by atoms with Gasteiger partial charge in [0.2, 0.25) is 0 Å². The lowest BCUT2D eigenvalue weighted by Crippen LogP contribution is -2.40. The minimum Gasteiger partial charge on any atom is -0.382 e. The molecule has 27 heavy (non-hydrogen) atoms. The van der Waals surface area contributed by atoms with Gasteiger partial charge in [0, 0.05) is 43.7 Å². The molecule has 2 rings (SSSR count). The summed E-state index contributed by atoms with van der Waals surface area (Å²) >= 11 is 3.39. The normalized spacial score (nSPS) is 17.1. The minimum absolute atomic E-state index is 0. The van der Waals surface area contributed by atoms with Crippen molar-refractivity contribution in [3.63, 3.8) is 0 Å². The molecule has 1 atom stereocenters. The van der Waals surface area contributed by atoms with Crippen molar-refractivity contribution in [2.45, 2.75) is 19.8 Å². The molecule has 1 heterocycles. The van der Waals surface area contributed by atoms with Crippen molar-refractivity contribution in [2.24, 2.45) is 10.9 Å². The molecular formula is C19H30BrFIN3O2. The van der Waals surface area contributed by atoms with E-state index in [9.17, 15) is 4.39 Å². The Morgan fingerprint density at radius 2 is 2.22 bits per heavy atom. The molecular weight excluding hydrogens is 528 g/mol. The highest BCUT2D eigenvalue weighted by Crippen LogP contribution is 2.18. The highest BCUT2D eigenvalue weighted by molar-refractivity contribution is 14.0. The van der Waals surface area contributed by atoms with Crippen LogP contribution in [0.1, 0.15) is 18.9 Å². The van der Waals surface area contributed by atoms with Gasteiger partial charge in [-0.05, 0) is 43.5 Å². The highest BCUT2D eigenvalue weighted by Gasteiger charge is 2.24. The molecule has 0 spiro atoms. The molecule has 1 saturated heterocycles. The molecule has 0 aromatic heterocycles. The van der Waals surface area contributed by atoms with Crippen LogP contribution in [0.4, 0.5) is 4.39 Å². The van der Waals surface area contributed by atoms with Gasteiger partial charge in [-0.15, -0.1) is 24.0 Å². The van der Waals surface area contributed by atoms with E-state index in [1.807, 2.05) is 6.07 Å². The summed E-state index contributed by atoms with van der Waals surface area (Å²) < 4.78 is 25.4. The van der Waals surface area contributed by atoms with Crippen LogP contribution in [-0.2, 0) is 15.9 Å². The van der Waals surface area contributed by atoms with Crippen LogP contribution in [0.25, 0.3) is 0 Å². The second-order valence-electron chi connectivity index (χ2n) is 6.39. The Balaban J connectivity index is 0.00000364. The zero-order valence-corrected chi connectivity index (χ0v) is 20.0. The average molecular weight is 558 g/mol. The van der Waals surface area contributed by atoms with E-state index >= 15 is 0 Å². The number of nitrogens with one attached hydrogen (secondary N) is 1. The fourth-order valence-corrected chi connectivity index (χ4v) is 3.40. The smallest absolute Gasteiger partial charge is 0.193 e. The molecule has 0 bridgehead atoms. The fourth-order valence-electron chi connectivity index (χ4n) is 3.00. The van der Waals surface area contributed by atoms with Crippen molar-refractivity contribution in [1.82, 2.24) is 10.2 Å².